The van der Waals surface area contributed by atoms with Crippen molar-refractivity contribution >= 4 is 21.9 Å². The van der Waals surface area contributed by atoms with Crippen molar-refractivity contribution in [3.05, 3.63) is 170 Å². The third kappa shape index (κ3) is 5.27. The van der Waals surface area contributed by atoms with Crippen molar-refractivity contribution in [2.45, 2.75) is 0 Å². The highest BCUT2D eigenvalue weighted by atomic mass is 16.3. The molecule has 0 saturated heterocycles. The van der Waals surface area contributed by atoms with Gasteiger partial charge in [0.05, 0.1) is 0 Å². The topological polar surface area (TPSA) is 72.0 Å². The van der Waals surface area contributed by atoms with E-state index in [4.69, 9.17) is 19.4 Å². The Morgan fingerprint density at radius 1 is 0.380 bits per heavy atom. The van der Waals surface area contributed by atoms with E-state index < -0.39 is 0 Å². The Morgan fingerprint density at radius 3 is 1.60 bits per heavy atom. The fraction of sp³-hybridized carbons (Fsp3) is 0. The molecule has 1 N–H and O–H groups in total. The molecule has 9 aromatic rings. The average molecular weight is 644 g/mol. The predicted octanol–water partition coefficient (Wildman–Crippen LogP) is 11.5. The van der Waals surface area contributed by atoms with Gasteiger partial charge in [0.2, 0.25) is 0 Å². The monoisotopic (exact) mass is 643 g/mol. The van der Waals surface area contributed by atoms with E-state index in [1.54, 1.807) is 6.07 Å². The van der Waals surface area contributed by atoms with E-state index in [0.717, 1.165) is 60.9 Å². The molecule has 9 rings (SSSR count). The van der Waals surface area contributed by atoms with Crippen LogP contribution < -0.4 is 0 Å². The Bertz CT molecular complexity index is 2630. The van der Waals surface area contributed by atoms with Gasteiger partial charge in [0.1, 0.15) is 16.9 Å². The largest absolute Gasteiger partial charge is 0.507 e. The number of nitrogens with zero attached hydrogens (tertiary/aromatic N) is 3. The van der Waals surface area contributed by atoms with Crippen molar-refractivity contribution < 1.29 is 9.52 Å². The maximum atomic E-state index is 11.9. The summed E-state index contributed by atoms with van der Waals surface area (Å²) < 4.78 is 6.41. The minimum absolute atomic E-state index is 0.118. The molecule has 0 fully saturated rings. The molecule has 0 unspecified atom stereocenters. The van der Waals surface area contributed by atoms with Crippen molar-refractivity contribution in [3.63, 3.8) is 0 Å². The third-order valence-corrected chi connectivity index (χ3v) is 9.05. The number of para-hydroxylation sites is 2. The molecule has 0 aliphatic rings. The molecule has 0 saturated carbocycles. The zero-order valence-electron chi connectivity index (χ0n) is 26.9. The lowest BCUT2D eigenvalue weighted by Gasteiger charge is -2.16. The molecular formula is C45H29N3O2. The van der Waals surface area contributed by atoms with E-state index in [1.165, 1.54) is 0 Å². The molecule has 2 heterocycles. The number of furan rings is 1. The lowest BCUT2D eigenvalue weighted by molar-refractivity contribution is 0.477. The van der Waals surface area contributed by atoms with E-state index in [2.05, 4.69) is 42.5 Å². The molecule has 0 spiro atoms. The number of fused-ring (bicyclic) bond motifs is 3. The van der Waals surface area contributed by atoms with Crippen LogP contribution in [0.25, 0.3) is 89.5 Å². The van der Waals surface area contributed by atoms with Crippen LogP contribution in [0.3, 0.4) is 0 Å². The molecule has 0 aliphatic carbocycles. The van der Waals surface area contributed by atoms with E-state index in [9.17, 15) is 5.11 Å². The van der Waals surface area contributed by atoms with Crippen molar-refractivity contribution in [2.24, 2.45) is 0 Å². The highest BCUT2D eigenvalue weighted by molar-refractivity contribution is 6.10. The van der Waals surface area contributed by atoms with Crippen LogP contribution >= 0.6 is 0 Å². The Balaban J connectivity index is 1.28. The smallest absolute Gasteiger partial charge is 0.164 e. The Labute approximate surface area is 288 Å². The second-order valence-corrected chi connectivity index (χ2v) is 12.2. The van der Waals surface area contributed by atoms with Crippen molar-refractivity contribution in [2.75, 3.05) is 0 Å². The van der Waals surface area contributed by atoms with Gasteiger partial charge in [0.25, 0.3) is 0 Å². The Kier molecular flexibility index (Phi) is 7.21. The maximum Gasteiger partial charge on any atom is 0.164 e. The normalized spacial score (nSPS) is 11.3. The second kappa shape index (κ2) is 12.3. The summed E-state index contributed by atoms with van der Waals surface area (Å²) in [6.45, 7) is 0. The van der Waals surface area contributed by atoms with Crippen LogP contribution in [-0.2, 0) is 0 Å². The molecule has 7 aromatic carbocycles. The first-order valence-corrected chi connectivity index (χ1v) is 16.5. The van der Waals surface area contributed by atoms with Crippen LogP contribution in [0.1, 0.15) is 0 Å². The van der Waals surface area contributed by atoms with Gasteiger partial charge in [-0.15, -0.1) is 0 Å². The van der Waals surface area contributed by atoms with Crippen molar-refractivity contribution in [1.82, 2.24) is 15.0 Å². The van der Waals surface area contributed by atoms with Crippen LogP contribution in [0.5, 0.6) is 5.75 Å². The lowest BCUT2D eigenvalue weighted by atomic mass is 9.92. The quantitative estimate of drug-likeness (QED) is 0.195. The first-order chi connectivity index (χ1) is 24.7. The molecule has 0 amide bonds. The van der Waals surface area contributed by atoms with E-state index in [0.29, 0.717) is 28.6 Å². The highest BCUT2D eigenvalue weighted by Gasteiger charge is 2.21. The molecular weight excluding hydrogens is 615 g/mol. The number of rotatable bonds is 6. The molecule has 50 heavy (non-hydrogen) atoms. The fourth-order valence-electron chi connectivity index (χ4n) is 6.63. The number of benzene rings is 7. The number of hydrogen-bond acceptors (Lipinski definition) is 5. The first-order valence-electron chi connectivity index (χ1n) is 16.5. The number of phenols is 1. The summed E-state index contributed by atoms with van der Waals surface area (Å²) in [6, 6.07) is 56.3. The van der Waals surface area contributed by atoms with Gasteiger partial charge < -0.3 is 9.52 Å². The summed E-state index contributed by atoms with van der Waals surface area (Å²) in [5.74, 6) is 1.65. The minimum Gasteiger partial charge on any atom is -0.507 e. The van der Waals surface area contributed by atoms with Gasteiger partial charge in [-0.3, -0.25) is 0 Å². The van der Waals surface area contributed by atoms with Crippen molar-refractivity contribution in [1.29, 1.82) is 0 Å². The summed E-state index contributed by atoms with van der Waals surface area (Å²) in [4.78, 5) is 15.1. The van der Waals surface area contributed by atoms with Gasteiger partial charge in [-0.1, -0.05) is 152 Å². The first kappa shape index (κ1) is 29.3. The molecule has 0 atom stereocenters. The summed E-state index contributed by atoms with van der Waals surface area (Å²) >= 11 is 0. The lowest BCUT2D eigenvalue weighted by Crippen LogP contribution is -2.01. The molecule has 236 valence electrons. The number of hydrogen-bond donors (Lipinski definition) is 1. The van der Waals surface area contributed by atoms with E-state index >= 15 is 0 Å². The number of aromatic nitrogens is 3. The molecule has 0 aliphatic heterocycles. The van der Waals surface area contributed by atoms with Gasteiger partial charge in [-0.05, 0) is 40.5 Å². The third-order valence-electron chi connectivity index (χ3n) is 9.05. The fourth-order valence-corrected chi connectivity index (χ4v) is 6.63. The van der Waals surface area contributed by atoms with Crippen LogP contribution in [0.2, 0.25) is 0 Å². The zero-order valence-corrected chi connectivity index (χ0v) is 26.9. The van der Waals surface area contributed by atoms with Gasteiger partial charge in [0, 0.05) is 38.6 Å². The zero-order chi connectivity index (χ0) is 33.4. The standard InChI is InChI=1S/C45H29N3O2/c49-39-28-34(35-20-12-21-37-36-19-10-11-22-40(36)50-42(35)37)27-38(41(39)31-15-6-2-7-16-31)45-47-43(32-17-8-3-9-18-32)46-44(48-45)33-25-23-30(24-26-33)29-13-4-1-5-14-29/h1-28,49H. The minimum atomic E-state index is 0.118. The molecule has 0 bridgehead atoms. The summed E-state index contributed by atoms with van der Waals surface area (Å²) in [6.07, 6.45) is 0. The number of phenolic OH excluding ortho intramolecular Hbond substituents is 1. The maximum absolute atomic E-state index is 11.9. The summed E-state index contributed by atoms with van der Waals surface area (Å²) in [5, 5.41) is 13.9. The van der Waals surface area contributed by atoms with Crippen LogP contribution in [0.4, 0.5) is 0 Å². The van der Waals surface area contributed by atoms with E-state index in [1.807, 2.05) is 121 Å². The molecule has 0 radical (unpaired) electrons. The van der Waals surface area contributed by atoms with Gasteiger partial charge in [0.15, 0.2) is 17.5 Å². The Morgan fingerprint density at radius 2 is 0.900 bits per heavy atom. The average Bonchev–Trinajstić information content (AvgIpc) is 3.57. The van der Waals surface area contributed by atoms with Gasteiger partial charge >= 0.3 is 0 Å². The van der Waals surface area contributed by atoms with Gasteiger partial charge in [-0.25, -0.2) is 15.0 Å². The molecule has 5 nitrogen and oxygen atoms in total. The number of aromatic hydroxyl groups is 1. The Hall–Kier alpha value is -6.85. The van der Waals surface area contributed by atoms with Crippen LogP contribution in [0.15, 0.2) is 174 Å². The predicted molar refractivity (Wildman–Crippen MR) is 201 cm³/mol. The van der Waals surface area contributed by atoms with Crippen LogP contribution in [0, 0.1) is 0 Å². The van der Waals surface area contributed by atoms with Crippen molar-refractivity contribution in [3.8, 4) is 73.3 Å². The second-order valence-electron chi connectivity index (χ2n) is 12.2. The van der Waals surface area contributed by atoms with Gasteiger partial charge in [-0.2, -0.15) is 0 Å². The summed E-state index contributed by atoms with van der Waals surface area (Å²) in [5.41, 5.74) is 9.37. The van der Waals surface area contributed by atoms with Crippen LogP contribution in [-0.4, -0.2) is 20.1 Å². The highest BCUT2D eigenvalue weighted by Crippen LogP contribution is 2.44. The SMILES string of the molecule is Oc1cc(-c2cccc3c2oc2ccccc23)cc(-c2nc(-c3ccccc3)nc(-c3ccc(-c4ccccc4)cc3)n2)c1-c1ccccc1. The molecule has 2 aromatic heterocycles. The van der Waals surface area contributed by atoms with E-state index in [-0.39, 0.29) is 5.75 Å². The summed E-state index contributed by atoms with van der Waals surface area (Å²) in [7, 11) is 0. The molecule has 5 heteroatoms.